The van der Waals surface area contributed by atoms with E-state index in [-0.39, 0.29) is 12.3 Å². The van der Waals surface area contributed by atoms with E-state index in [9.17, 15) is 0 Å². The van der Waals surface area contributed by atoms with Gasteiger partial charge in [0.05, 0.1) is 5.54 Å². The minimum Gasteiger partial charge on any atom is -0.488 e. The second-order valence-corrected chi connectivity index (χ2v) is 6.71. The molecule has 0 unspecified atom stereocenters. The summed E-state index contributed by atoms with van der Waals surface area (Å²) in [6, 6.07) is 12.3. The lowest BCUT2D eigenvalue weighted by Crippen LogP contribution is -2.31. The first-order valence-electron chi connectivity index (χ1n) is 8.10. The summed E-state index contributed by atoms with van der Waals surface area (Å²) in [6.07, 6.45) is 2.16. The van der Waals surface area contributed by atoms with Crippen molar-refractivity contribution in [3.05, 3.63) is 53.6 Å². The van der Waals surface area contributed by atoms with Gasteiger partial charge in [-0.15, -0.1) is 0 Å². The largest absolute Gasteiger partial charge is 0.488 e. The Morgan fingerprint density at radius 1 is 1.12 bits per heavy atom. The summed E-state index contributed by atoms with van der Waals surface area (Å²) in [4.78, 5) is 0. The van der Waals surface area contributed by atoms with Gasteiger partial charge in [0, 0.05) is 29.5 Å². The van der Waals surface area contributed by atoms with Crippen molar-refractivity contribution in [2.45, 2.75) is 26.0 Å². The Balaban J connectivity index is 1.84. The molecule has 0 aromatic heterocycles. The molecule has 0 radical (unpaired) electrons. The van der Waals surface area contributed by atoms with Gasteiger partial charge in [0.1, 0.15) is 18.1 Å². The summed E-state index contributed by atoms with van der Waals surface area (Å²) < 4.78 is 16.8. The van der Waals surface area contributed by atoms with E-state index >= 15 is 0 Å². The zero-order chi connectivity index (χ0) is 16.7. The maximum absolute atomic E-state index is 5.98. The van der Waals surface area contributed by atoms with E-state index in [1.165, 1.54) is 11.1 Å². The van der Waals surface area contributed by atoms with E-state index < -0.39 is 0 Å². The van der Waals surface area contributed by atoms with Crippen LogP contribution in [-0.2, 0) is 16.1 Å². The Bertz CT molecular complexity index is 824. The highest BCUT2D eigenvalue weighted by atomic mass is 16.7. The van der Waals surface area contributed by atoms with Crippen molar-refractivity contribution in [3.8, 4) is 16.9 Å². The molecule has 4 nitrogen and oxygen atoms in total. The number of hydrogen-bond donors (Lipinski definition) is 1. The molecule has 24 heavy (non-hydrogen) atoms. The number of nitrogens with one attached hydrogen (secondary N) is 1. The SMILES string of the molecule is COCOc1ccccc1-c1ccc2c3c1COC3=CC(C)(C)N2. The quantitative estimate of drug-likeness (QED) is 0.846. The minimum absolute atomic E-state index is 0.106. The lowest BCUT2D eigenvalue weighted by molar-refractivity contribution is 0.0515. The molecule has 0 bridgehead atoms. The molecule has 0 atom stereocenters. The first-order chi connectivity index (χ1) is 11.6. The molecule has 0 saturated heterocycles. The standard InChI is InChI=1S/C20H21NO3/c1-20(2)10-18-19-15(11-23-18)13(8-9-16(19)21-20)14-6-4-5-7-17(14)24-12-22-3/h4-10,21H,11-12H2,1-3H3. The number of rotatable bonds is 4. The molecule has 4 rings (SSSR count). The predicted octanol–water partition coefficient (Wildman–Crippen LogP) is 4.41. The molecule has 0 aliphatic carbocycles. The molecular weight excluding hydrogens is 302 g/mol. The third-order valence-corrected chi connectivity index (χ3v) is 4.39. The van der Waals surface area contributed by atoms with E-state index in [2.05, 4.69) is 43.4 Å². The monoisotopic (exact) mass is 323 g/mol. The van der Waals surface area contributed by atoms with E-state index in [0.29, 0.717) is 6.61 Å². The zero-order valence-corrected chi connectivity index (χ0v) is 14.2. The van der Waals surface area contributed by atoms with Gasteiger partial charge in [-0.25, -0.2) is 0 Å². The molecule has 0 spiro atoms. The Kier molecular flexibility index (Phi) is 3.50. The average Bonchev–Trinajstić information content (AvgIpc) is 2.97. The van der Waals surface area contributed by atoms with Gasteiger partial charge in [-0.2, -0.15) is 0 Å². The summed E-state index contributed by atoms with van der Waals surface area (Å²) in [5, 5.41) is 3.57. The van der Waals surface area contributed by atoms with Crippen LogP contribution in [0.2, 0.25) is 0 Å². The van der Waals surface area contributed by atoms with E-state index in [1.54, 1.807) is 7.11 Å². The van der Waals surface area contributed by atoms with Gasteiger partial charge in [0.2, 0.25) is 0 Å². The number of anilines is 1. The first-order valence-corrected chi connectivity index (χ1v) is 8.10. The molecule has 2 aromatic carbocycles. The van der Waals surface area contributed by atoms with Crippen molar-refractivity contribution in [3.63, 3.8) is 0 Å². The first kappa shape index (κ1) is 15.1. The van der Waals surface area contributed by atoms with Crippen molar-refractivity contribution in [1.82, 2.24) is 0 Å². The summed E-state index contributed by atoms with van der Waals surface area (Å²) in [7, 11) is 1.62. The van der Waals surface area contributed by atoms with Gasteiger partial charge >= 0.3 is 0 Å². The number of para-hydroxylation sites is 1. The third-order valence-electron chi connectivity index (χ3n) is 4.39. The van der Waals surface area contributed by atoms with Crippen LogP contribution < -0.4 is 10.1 Å². The molecule has 124 valence electrons. The predicted molar refractivity (Wildman–Crippen MR) is 94.8 cm³/mol. The second-order valence-electron chi connectivity index (χ2n) is 6.71. The van der Waals surface area contributed by atoms with Crippen LogP contribution in [0.25, 0.3) is 16.9 Å². The fourth-order valence-corrected chi connectivity index (χ4v) is 3.42. The van der Waals surface area contributed by atoms with Gasteiger partial charge in [0.15, 0.2) is 6.79 Å². The van der Waals surface area contributed by atoms with E-state index in [1.807, 2.05) is 18.2 Å². The van der Waals surface area contributed by atoms with Gasteiger partial charge in [-0.05, 0) is 37.6 Å². The number of benzene rings is 2. The van der Waals surface area contributed by atoms with Gasteiger partial charge in [-0.1, -0.05) is 24.3 Å². The van der Waals surface area contributed by atoms with Crippen LogP contribution in [0.3, 0.4) is 0 Å². The van der Waals surface area contributed by atoms with Crippen LogP contribution in [0.1, 0.15) is 25.0 Å². The van der Waals surface area contributed by atoms with E-state index in [4.69, 9.17) is 14.2 Å². The molecule has 2 aromatic rings. The molecule has 0 saturated carbocycles. The highest BCUT2D eigenvalue weighted by Gasteiger charge is 2.33. The fraction of sp³-hybridized carbons (Fsp3) is 0.300. The van der Waals surface area contributed by atoms with Gasteiger partial charge < -0.3 is 19.5 Å². The fourth-order valence-electron chi connectivity index (χ4n) is 3.42. The molecule has 2 aliphatic rings. The number of methoxy groups -OCH3 is 1. The second kappa shape index (κ2) is 5.56. The van der Waals surface area contributed by atoms with Crippen LogP contribution in [0.4, 0.5) is 5.69 Å². The highest BCUT2D eigenvalue weighted by molar-refractivity contribution is 5.88. The summed E-state index contributed by atoms with van der Waals surface area (Å²) in [5.41, 5.74) is 5.60. The minimum atomic E-state index is -0.106. The molecule has 0 fully saturated rings. The van der Waals surface area contributed by atoms with Crippen LogP contribution in [0, 0.1) is 0 Å². The average molecular weight is 323 g/mol. The normalized spacial score (nSPS) is 16.7. The Hall–Kier alpha value is -2.46. The van der Waals surface area contributed by atoms with Crippen LogP contribution in [0.15, 0.2) is 42.5 Å². The summed E-state index contributed by atoms with van der Waals surface area (Å²) >= 11 is 0. The topological polar surface area (TPSA) is 39.7 Å². The molecule has 0 amide bonds. The van der Waals surface area contributed by atoms with Crippen molar-refractivity contribution in [2.75, 3.05) is 19.2 Å². The lowest BCUT2D eigenvalue weighted by atomic mass is 9.89. The van der Waals surface area contributed by atoms with Crippen molar-refractivity contribution >= 4 is 11.4 Å². The van der Waals surface area contributed by atoms with Crippen molar-refractivity contribution in [2.24, 2.45) is 0 Å². The number of ether oxygens (including phenoxy) is 3. The lowest BCUT2D eigenvalue weighted by Gasteiger charge is -2.30. The van der Waals surface area contributed by atoms with Crippen molar-refractivity contribution in [1.29, 1.82) is 0 Å². The van der Waals surface area contributed by atoms with Crippen LogP contribution >= 0.6 is 0 Å². The van der Waals surface area contributed by atoms with Gasteiger partial charge in [0.25, 0.3) is 0 Å². The van der Waals surface area contributed by atoms with Gasteiger partial charge in [-0.3, -0.25) is 0 Å². The zero-order valence-electron chi connectivity index (χ0n) is 14.2. The molecular formula is C20H21NO3. The van der Waals surface area contributed by atoms with Crippen LogP contribution in [0.5, 0.6) is 5.75 Å². The van der Waals surface area contributed by atoms with Crippen LogP contribution in [-0.4, -0.2) is 19.4 Å². The number of hydrogen-bond acceptors (Lipinski definition) is 4. The Morgan fingerprint density at radius 2 is 1.96 bits per heavy atom. The third kappa shape index (κ3) is 2.43. The Labute approximate surface area is 142 Å². The molecule has 2 aliphatic heterocycles. The van der Waals surface area contributed by atoms with Crippen molar-refractivity contribution < 1.29 is 14.2 Å². The summed E-state index contributed by atoms with van der Waals surface area (Å²) in [5.74, 6) is 1.79. The molecule has 2 heterocycles. The Morgan fingerprint density at radius 3 is 2.79 bits per heavy atom. The maximum atomic E-state index is 5.98. The molecule has 1 N–H and O–H groups in total. The molecule has 4 heteroatoms. The summed E-state index contributed by atoms with van der Waals surface area (Å²) in [6.45, 7) is 5.10. The maximum Gasteiger partial charge on any atom is 0.188 e. The van der Waals surface area contributed by atoms with E-state index in [0.717, 1.165) is 28.3 Å². The highest BCUT2D eigenvalue weighted by Crippen LogP contribution is 2.46. The smallest absolute Gasteiger partial charge is 0.188 e.